The van der Waals surface area contributed by atoms with Gasteiger partial charge in [0.2, 0.25) is 0 Å². The topological polar surface area (TPSA) is 67.2 Å². The molecule has 0 spiro atoms. The van der Waals surface area contributed by atoms with Crippen molar-refractivity contribution in [2.75, 3.05) is 13.7 Å². The molecule has 3 rings (SSSR count). The first-order valence-corrected chi connectivity index (χ1v) is 8.76. The van der Waals surface area contributed by atoms with Crippen molar-refractivity contribution < 1.29 is 9.84 Å². The molecule has 0 saturated heterocycles. The van der Waals surface area contributed by atoms with E-state index in [1.807, 2.05) is 54.6 Å². The second-order valence-corrected chi connectivity index (χ2v) is 6.35. The number of ether oxygens (including phenoxy) is 1. The molecule has 136 valence electrons. The number of aromatic nitrogens is 2. The molecule has 0 aliphatic rings. The Bertz CT molecular complexity index is 938. The highest BCUT2D eigenvalue weighted by Gasteiger charge is 2.17. The molecule has 0 radical (unpaired) electrons. The van der Waals surface area contributed by atoms with Gasteiger partial charge in [0.15, 0.2) is 0 Å². The van der Waals surface area contributed by atoms with Crippen LogP contribution >= 0.6 is 0 Å². The van der Waals surface area contributed by atoms with Crippen LogP contribution in [0.5, 0.6) is 0 Å². The van der Waals surface area contributed by atoms with Crippen LogP contribution in [0.15, 0.2) is 65.5 Å². The van der Waals surface area contributed by atoms with Crippen molar-refractivity contribution in [2.24, 2.45) is 5.92 Å². The lowest BCUT2D eigenvalue weighted by atomic mass is 9.96. The van der Waals surface area contributed by atoms with Gasteiger partial charge in [-0.05, 0) is 36.2 Å². The number of aliphatic hydroxyl groups is 1. The Labute approximate surface area is 152 Å². The molecule has 0 saturated carbocycles. The third kappa shape index (κ3) is 3.64. The SMILES string of the molecule is CO[C@H](c1ccc(-n2[nH]c3ccccc3c2=O)cc1)[C@H](C)/C=C/CCO. The first-order chi connectivity index (χ1) is 12.7. The monoisotopic (exact) mass is 352 g/mol. The summed E-state index contributed by atoms with van der Waals surface area (Å²) < 4.78 is 7.21. The summed E-state index contributed by atoms with van der Waals surface area (Å²) in [6, 6.07) is 15.3. The lowest BCUT2D eigenvalue weighted by Gasteiger charge is -2.21. The Kier molecular flexibility index (Phi) is 5.71. The van der Waals surface area contributed by atoms with Crippen molar-refractivity contribution in [2.45, 2.75) is 19.4 Å². The van der Waals surface area contributed by atoms with Gasteiger partial charge in [0.25, 0.3) is 5.56 Å². The molecule has 2 atom stereocenters. The summed E-state index contributed by atoms with van der Waals surface area (Å²) in [6.45, 7) is 2.23. The highest BCUT2D eigenvalue weighted by Crippen LogP contribution is 2.27. The molecular formula is C21H24N2O3. The molecule has 1 heterocycles. The zero-order valence-corrected chi connectivity index (χ0v) is 15.1. The number of para-hydroxylation sites is 1. The summed E-state index contributed by atoms with van der Waals surface area (Å²) in [6.07, 6.45) is 4.58. The summed E-state index contributed by atoms with van der Waals surface area (Å²) in [7, 11) is 1.69. The van der Waals surface area contributed by atoms with E-state index < -0.39 is 0 Å². The maximum atomic E-state index is 12.5. The van der Waals surface area contributed by atoms with Crippen molar-refractivity contribution >= 4 is 10.9 Å². The Morgan fingerprint density at radius 2 is 1.92 bits per heavy atom. The van der Waals surface area contributed by atoms with Gasteiger partial charge in [-0.25, -0.2) is 4.68 Å². The van der Waals surface area contributed by atoms with E-state index in [4.69, 9.17) is 9.84 Å². The maximum Gasteiger partial charge on any atom is 0.279 e. The van der Waals surface area contributed by atoms with Crippen LogP contribution in [0.1, 0.15) is 25.0 Å². The average molecular weight is 352 g/mol. The number of methoxy groups -OCH3 is 1. The summed E-state index contributed by atoms with van der Waals surface area (Å²) in [5.41, 5.74) is 2.59. The van der Waals surface area contributed by atoms with Gasteiger partial charge in [-0.3, -0.25) is 9.89 Å². The largest absolute Gasteiger partial charge is 0.396 e. The van der Waals surface area contributed by atoms with Crippen LogP contribution in [0.25, 0.3) is 16.6 Å². The number of benzene rings is 2. The van der Waals surface area contributed by atoms with Gasteiger partial charge in [0, 0.05) is 19.6 Å². The van der Waals surface area contributed by atoms with Gasteiger partial charge in [0.1, 0.15) is 0 Å². The quantitative estimate of drug-likeness (QED) is 0.639. The van der Waals surface area contributed by atoms with Crippen molar-refractivity contribution in [3.05, 3.63) is 76.6 Å². The predicted molar refractivity (Wildman–Crippen MR) is 104 cm³/mol. The number of fused-ring (bicyclic) bond motifs is 1. The number of hydrogen-bond donors (Lipinski definition) is 2. The van der Waals surface area contributed by atoms with Gasteiger partial charge >= 0.3 is 0 Å². The first-order valence-electron chi connectivity index (χ1n) is 8.76. The Morgan fingerprint density at radius 1 is 1.19 bits per heavy atom. The van der Waals surface area contributed by atoms with E-state index in [1.54, 1.807) is 11.8 Å². The minimum absolute atomic E-state index is 0.0584. The maximum absolute atomic E-state index is 12.5. The molecule has 0 fully saturated rings. The summed E-state index contributed by atoms with van der Waals surface area (Å²) in [5, 5.41) is 12.7. The minimum Gasteiger partial charge on any atom is -0.396 e. The van der Waals surface area contributed by atoms with Crippen molar-refractivity contribution in [3.8, 4) is 5.69 Å². The van der Waals surface area contributed by atoms with E-state index in [1.165, 1.54) is 0 Å². The van der Waals surface area contributed by atoms with Gasteiger partial charge in [0.05, 0.1) is 22.7 Å². The number of nitrogens with one attached hydrogen (secondary N) is 1. The third-order valence-corrected chi connectivity index (χ3v) is 4.54. The van der Waals surface area contributed by atoms with E-state index in [9.17, 15) is 4.79 Å². The van der Waals surface area contributed by atoms with Gasteiger partial charge in [-0.2, -0.15) is 0 Å². The average Bonchev–Trinajstić information content (AvgIpc) is 3.00. The van der Waals surface area contributed by atoms with Crippen LogP contribution < -0.4 is 5.56 Å². The molecular weight excluding hydrogens is 328 g/mol. The Hall–Kier alpha value is -2.63. The van der Waals surface area contributed by atoms with Crippen molar-refractivity contribution in [1.82, 2.24) is 9.78 Å². The van der Waals surface area contributed by atoms with Crippen LogP contribution in [0, 0.1) is 5.92 Å². The lowest BCUT2D eigenvalue weighted by molar-refractivity contribution is 0.0740. The molecule has 0 amide bonds. The number of H-pyrrole nitrogens is 1. The van der Waals surface area contributed by atoms with Crippen molar-refractivity contribution in [1.29, 1.82) is 0 Å². The van der Waals surface area contributed by atoms with E-state index in [-0.39, 0.29) is 24.2 Å². The number of rotatable bonds is 7. The summed E-state index contributed by atoms with van der Waals surface area (Å²) in [5.74, 6) is 0.174. The molecule has 5 heteroatoms. The van der Waals surface area contributed by atoms with Gasteiger partial charge < -0.3 is 9.84 Å². The summed E-state index contributed by atoms with van der Waals surface area (Å²) >= 11 is 0. The van der Waals surface area contributed by atoms with E-state index in [0.29, 0.717) is 11.8 Å². The minimum atomic E-state index is -0.0848. The van der Waals surface area contributed by atoms with E-state index in [0.717, 1.165) is 16.8 Å². The number of aliphatic hydroxyl groups excluding tert-OH is 1. The highest BCUT2D eigenvalue weighted by atomic mass is 16.5. The van der Waals surface area contributed by atoms with Crippen molar-refractivity contribution in [3.63, 3.8) is 0 Å². The molecule has 0 unspecified atom stereocenters. The molecule has 0 aliphatic heterocycles. The lowest BCUT2D eigenvalue weighted by Crippen LogP contribution is -2.15. The fraction of sp³-hybridized carbons (Fsp3) is 0.286. The molecule has 2 N–H and O–H groups in total. The molecule has 1 aromatic heterocycles. The fourth-order valence-corrected chi connectivity index (χ4v) is 3.19. The highest BCUT2D eigenvalue weighted by molar-refractivity contribution is 5.78. The van der Waals surface area contributed by atoms with E-state index in [2.05, 4.69) is 18.1 Å². The molecule has 2 aromatic carbocycles. The molecule has 3 aromatic rings. The second-order valence-electron chi connectivity index (χ2n) is 6.35. The molecule has 5 nitrogen and oxygen atoms in total. The Morgan fingerprint density at radius 3 is 2.58 bits per heavy atom. The summed E-state index contributed by atoms with van der Waals surface area (Å²) in [4.78, 5) is 12.5. The number of aromatic amines is 1. The second kappa shape index (κ2) is 8.17. The van der Waals surface area contributed by atoms with Crippen LogP contribution in [0.2, 0.25) is 0 Å². The normalized spacial score (nSPS) is 14.1. The fourth-order valence-electron chi connectivity index (χ4n) is 3.19. The zero-order chi connectivity index (χ0) is 18.5. The molecule has 0 aliphatic carbocycles. The number of nitrogens with zero attached hydrogens (tertiary/aromatic N) is 1. The molecule has 26 heavy (non-hydrogen) atoms. The third-order valence-electron chi connectivity index (χ3n) is 4.54. The standard InChI is InChI=1S/C21H24N2O3/c1-15(7-5-6-14-24)20(26-2)16-10-12-17(13-11-16)23-21(25)18-8-3-4-9-19(18)22-23/h3-5,7-13,15,20,22,24H,6,14H2,1-2H3/b7-5+/t15-,20+/m1/s1. The smallest absolute Gasteiger partial charge is 0.279 e. The van der Waals surface area contributed by atoms with Crippen LogP contribution in [-0.2, 0) is 4.74 Å². The van der Waals surface area contributed by atoms with Gasteiger partial charge in [-0.1, -0.05) is 43.3 Å². The van der Waals surface area contributed by atoms with Gasteiger partial charge in [-0.15, -0.1) is 0 Å². The van der Waals surface area contributed by atoms with Crippen LogP contribution in [-0.4, -0.2) is 28.6 Å². The number of hydrogen-bond acceptors (Lipinski definition) is 3. The molecule has 0 bridgehead atoms. The first kappa shape index (κ1) is 18.2. The predicted octanol–water partition coefficient (Wildman–Crippen LogP) is 3.58. The van der Waals surface area contributed by atoms with Crippen LogP contribution in [0.3, 0.4) is 0 Å². The Balaban J connectivity index is 1.87. The van der Waals surface area contributed by atoms with Crippen LogP contribution in [0.4, 0.5) is 0 Å². The zero-order valence-electron chi connectivity index (χ0n) is 15.1. The van der Waals surface area contributed by atoms with E-state index >= 15 is 0 Å².